The van der Waals surface area contributed by atoms with Crippen molar-refractivity contribution in [2.24, 2.45) is 17.8 Å². The van der Waals surface area contributed by atoms with Gasteiger partial charge in [-0.3, -0.25) is 5.32 Å². The predicted molar refractivity (Wildman–Crippen MR) is 88.0 cm³/mol. The van der Waals surface area contributed by atoms with E-state index in [0.29, 0.717) is 5.92 Å². The Morgan fingerprint density at radius 1 is 1.29 bits per heavy atom. The lowest BCUT2D eigenvalue weighted by Crippen LogP contribution is -2.48. The molecule has 2 rings (SSSR count). The van der Waals surface area contributed by atoms with Gasteiger partial charge < -0.3 is 4.90 Å². The van der Waals surface area contributed by atoms with Crippen LogP contribution in [0, 0.1) is 29.1 Å². The molecule has 2 atom stereocenters. The Balaban J connectivity index is 1.79. The zero-order chi connectivity index (χ0) is 15.3. The molecule has 21 heavy (non-hydrogen) atoms. The first-order chi connectivity index (χ1) is 10.1. The SMILES string of the molecule is CCNC1(C#N)CCCC1CCN1CCC(C(C)C)CC1. The van der Waals surface area contributed by atoms with Crippen LogP contribution in [0.4, 0.5) is 0 Å². The first-order valence-corrected chi connectivity index (χ1v) is 9.00. The second kappa shape index (κ2) is 7.61. The van der Waals surface area contributed by atoms with Crippen molar-refractivity contribution in [3.63, 3.8) is 0 Å². The minimum absolute atomic E-state index is 0.231. The van der Waals surface area contributed by atoms with Crippen molar-refractivity contribution in [3.05, 3.63) is 0 Å². The molecule has 2 fully saturated rings. The van der Waals surface area contributed by atoms with Crippen LogP contribution in [0.3, 0.4) is 0 Å². The fraction of sp³-hybridized carbons (Fsp3) is 0.944. The summed E-state index contributed by atoms with van der Waals surface area (Å²) in [6.45, 7) is 11.4. The van der Waals surface area contributed by atoms with Gasteiger partial charge in [0.25, 0.3) is 0 Å². The Labute approximate surface area is 131 Å². The minimum Gasteiger partial charge on any atom is -0.303 e. The third-order valence-electron chi connectivity index (χ3n) is 5.88. The van der Waals surface area contributed by atoms with E-state index in [0.717, 1.165) is 24.8 Å². The predicted octanol–water partition coefficient (Wildman–Crippen LogP) is 3.42. The third-order valence-corrected chi connectivity index (χ3v) is 5.88. The Kier molecular flexibility index (Phi) is 6.08. The molecule has 0 aromatic carbocycles. The molecule has 0 aromatic rings. The lowest BCUT2D eigenvalue weighted by atomic mass is 9.84. The Hall–Kier alpha value is -0.590. The number of likely N-dealkylation sites (tertiary alicyclic amines) is 1. The van der Waals surface area contributed by atoms with Crippen LogP contribution in [0.2, 0.25) is 0 Å². The third kappa shape index (κ3) is 3.99. The van der Waals surface area contributed by atoms with E-state index in [4.69, 9.17) is 0 Å². The Morgan fingerprint density at radius 3 is 2.57 bits per heavy atom. The van der Waals surface area contributed by atoms with Gasteiger partial charge in [0.1, 0.15) is 5.54 Å². The fourth-order valence-corrected chi connectivity index (χ4v) is 4.39. The molecule has 0 bridgehead atoms. The summed E-state index contributed by atoms with van der Waals surface area (Å²) in [5, 5.41) is 13.1. The summed E-state index contributed by atoms with van der Waals surface area (Å²) in [5.41, 5.74) is -0.231. The van der Waals surface area contributed by atoms with E-state index < -0.39 is 0 Å². The molecule has 1 saturated heterocycles. The second-order valence-electron chi connectivity index (χ2n) is 7.41. The van der Waals surface area contributed by atoms with E-state index in [1.807, 2.05) is 0 Å². The van der Waals surface area contributed by atoms with Crippen LogP contribution in [-0.2, 0) is 0 Å². The van der Waals surface area contributed by atoms with Crippen LogP contribution in [0.15, 0.2) is 0 Å². The summed E-state index contributed by atoms with van der Waals surface area (Å²) in [5.74, 6) is 2.31. The van der Waals surface area contributed by atoms with Crippen LogP contribution in [-0.4, -0.2) is 36.6 Å². The summed E-state index contributed by atoms with van der Waals surface area (Å²) < 4.78 is 0. The molecule has 1 N–H and O–H groups in total. The summed E-state index contributed by atoms with van der Waals surface area (Å²) in [7, 11) is 0. The van der Waals surface area contributed by atoms with Crippen LogP contribution < -0.4 is 5.32 Å². The van der Waals surface area contributed by atoms with Crippen LogP contribution in [0.1, 0.15) is 59.3 Å². The molecule has 0 radical (unpaired) electrons. The first-order valence-electron chi connectivity index (χ1n) is 9.00. The number of nitriles is 1. The lowest BCUT2D eigenvalue weighted by Gasteiger charge is -2.36. The van der Waals surface area contributed by atoms with Gasteiger partial charge in [0, 0.05) is 0 Å². The van der Waals surface area contributed by atoms with Crippen molar-refractivity contribution < 1.29 is 0 Å². The zero-order valence-corrected chi connectivity index (χ0v) is 14.2. The van der Waals surface area contributed by atoms with E-state index >= 15 is 0 Å². The van der Waals surface area contributed by atoms with Gasteiger partial charge in [0.2, 0.25) is 0 Å². The van der Waals surface area contributed by atoms with Crippen molar-refractivity contribution in [1.82, 2.24) is 10.2 Å². The number of piperidine rings is 1. The number of rotatable bonds is 6. The highest BCUT2D eigenvalue weighted by Crippen LogP contribution is 2.38. The number of nitrogens with one attached hydrogen (secondary N) is 1. The van der Waals surface area contributed by atoms with E-state index in [1.165, 1.54) is 51.7 Å². The highest BCUT2D eigenvalue weighted by atomic mass is 15.1. The average molecular weight is 291 g/mol. The Bertz CT molecular complexity index is 352. The average Bonchev–Trinajstić information content (AvgIpc) is 2.89. The van der Waals surface area contributed by atoms with Crippen molar-refractivity contribution >= 4 is 0 Å². The van der Waals surface area contributed by atoms with Crippen molar-refractivity contribution in [2.45, 2.75) is 64.8 Å². The maximum absolute atomic E-state index is 9.62. The van der Waals surface area contributed by atoms with Crippen LogP contribution in [0.5, 0.6) is 0 Å². The van der Waals surface area contributed by atoms with Gasteiger partial charge in [-0.1, -0.05) is 27.2 Å². The van der Waals surface area contributed by atoms with Crippen LogP contribution in [0.25, 0.3) is 0 Å². The fourth-order valence-electron chi connectivity index (χ4n) is 4.39. The molecular formula is C18H33N3. The molecular weight excluding hydrogens is 258 g/mol. The number of nitrogens with zero attached hydrogens (tertiary/aromatic N) is 2. The molecule has 1 heterocycles. The molecule has 0 spiro atoms. The first kappa shape index (κ1) is 16.8. The van der Waals surface area contributed by atoms with Gasteiger partial charge in [-0.15, -0.1) is 0 Å². The largest absolute Gasteiger partial charge is 0.303 e. The molecule has 2 aliphatic rings. The Morgan fingerprint density at radius 2 is 2.00 bits per heavy atom. The van der Waals surface area contributed by atoms with Gasteiger partial charge >= 0.3 is 0 Å². The quantitative estimate of drug-likeness (QED) is 0.815. The van der Waals surface area contributed by atoms with Crippen molar-refractivity contribution in [1.29, 1.82) is 5.26 Å². The monoisotopic (exact) mass is 291 g/mol. The van der Waals surface area contributed by atoms with Gasteiger partial charge in [-0.25, -0.2) is 0 Å². The molecule has 0 amide bonds. The summed E-state index contributed by atoms with van der Waals surface area (Å²) in [6.07, 6.45) is 7.38. The maximum Gasteiger partial charge on any atom is 0.109 e. The molecule has 3 nitrogen and oxygen atoms in total. The van der Waals surface area contributed by atoms with E-state index in [2.05, 4.69) is 37.1 Å². The number of hydrogen-bond donors (Lipinski definition) is 1. The molecule has 1 aliphatic heterocycles. The van der Waals surface area contributed by atoms with E-state index in [1.54, 1.807) is 0 Å². The molecule has 1 saturated carbocycles. The van der Waals surface area contributed by atoms with Crippen molar-refractivity contribution in [3.8, 4) is 6.07 Å². The van der Waals surface area contributed by atoms with E-state index in [-0.39, 0.29) is 5.54 Å². The van der Waals surface area contributed by atoms with E-state index in [9.17, 15) is 5.26 Å². The van der Waals surface area contributed by atoms with Crippen LogP contribution >= 0.6 is 0 Å². The molecule has 1 aliphatic carbocycles. The second-order valence-corrected chi connectivity index (χ2v) is 7.41. The summed E-state index contributed by atoms with van der Waals surface area (Å²) in [6, 6.07) is 2.61. The molecule has 120 valence electrons. The summed E-state index contributed by atoms with van der Waals surface area (Å²) in [4.78, 5) is 2.63. The van der Waals surface area contributed by atoms with Gasteiger partial charge in [-0.2, -0.15) is 5.26 Å². The van der Waals surface area contributed by atoms with Gasteiger partial charge in [0.05, 0.1) is 6.07 Å². The topological polar surface area (TPSA) is 39.1 Å². The highest BCUT2D eigenvalue weighted by molar-refractivity contribution is 5.14. The minimum atomic E-state index is -0.231. The molecule has 2 unspecified atom stereocenters. The normalized spacial score (nSPS) is 31.7. The van der Waals surface area contributed by atoms with Gasteiger partial charge in [0.15, 0.2) is 0 Å². The smallest absolute Gasteiger partial charge is 0.109 e. The maximum atomic E-state index is 9.62. The van der Waals surface area contributed by atoms with Crippen molar-refractivity contribution in [2.75, 3.05) is 26.2 Å². The molecule has 3 heteroatoms. The standard InChI is InChI=1S/C18H33N3/c1-4-20-18(14-19)10-5-6-17(18)9-13-21-11-7-16(8-12-21)15(2)3/h15-17,20H,4-13H2,1-3H3. The lowest BCUT2D eigenvalue weighted by molar-refractivity contribution is 0.144. The number of hydrogen-bond acceptors (Lipinski definition) is 3. The molecule has 0 aromatic heterocycles. The highest BCUT2D eigenvalue weighted by Gasteiger charge is 2.42. The summed E-state index contributed by atoms with van der Waals surface area (Å²) >= 11 is 0. The zero-order valence-electron chi connectivity index (χ0n) is 14.2. The van der Waals surface area contributed by atoms with Gasteiger partial charge in [-0.05, 0) is 76.0 Å².